The highest BCUT2D eigenvalue weighted by atomic mass is 79.9. The summed E-state index contributed by atoms with van der Waals surface area (Å²) in [6.45, 7) is 4.05. The van der Waals surface area contributed by atoms with Crippen LogP contribution in [0.2, 0.25) is 0 Å². The molecule has 2 nitrogen and oxygen atoms in total. The van der Waals surface area contributed by atoms with Gasteiger partial charge in [-0.25, -0.2) is 0 Å². The molecule has 0 aromatic heterocycles. The third-order valence-corrected chi connectivity index (χ3v) is 3.45. The van der Waals surface area contributed by atoms with E-state index in [1.807, 2.05) is 0 Å². The summed E-state index contributed by atoms with van der Waals surface area (Å²) in [7, 11) is 2.17. The number of hydrogen-bond donors (Lipinski definition) is 1. The normalized spacial score (nSPS) is 13.1. The third kappa shape index (κ3) is 4.64. The van der Waals surface area contributed by atoms with Crippen molar-refractivity contribution in [3.05, 3.63) is 34.3 Å². The van der Waals surface area contributed by atoms with Crippen LogP contribution < -0.4 is 5.73 Å². The number of benzene rings is 1. The SMILES string of the molecule is CC(CCCN)N(C)Cc1ccc(Br)cc1. The third-order valence-electron chi connectivity index (χ3n) is 2.92. The first-order valence-electron chi connectivity index (χ1n) is 5.78. The molecule has 0 amide bonds. The van der Waals surface area contributed by atoms with Gasteiger partial charge in [0.15, 0.2) is 0 Å². The number of halogens is 1. The van der Waals surface area contributed by atoms with Gasteiger partial charge in [0.05, 0.1) is 0 Å². The molecular formula is C13H21BrN2. The molecule has 0 saturated carbocycles. The van der Waals surface area contributed by atoms with Crippen LogP contribution in [0.4, 0.5) is 0 Å². The lowest BCUT2D eigenvalue weighted by Gasteiger charge is -2.24. The van der Waals surface area contributed by atoms with E-state index < -0.39 is 0 Å². The quantitative estimate of drug-likeness (QED) is 0.870. The van der Waals surface area contributed by atoms with Crippen LogP contribution in [0.1, 0.15) is 25.3 Å². The first-order valence-corrected chi connectivity index (χ1v) is 6.57. The van der Waals surface area contributed by atoms with Crippen LogP contribution in [0.25, 0.3) is 0 Å². The summed E-state index contributed by atoms with van der Waals surface area (Å²) in [6, 6.07) is 9.10. The topological polar surface area (TPSA) is 29.3 Å². The van der Waals surface area contributed by atoms with E-state index in [2.05, 4.69) is 59.1 Å². The zero-order valence-electron chi connectivity index (χ0n) is 10.1. The van der Waals surface area contributed by atoms with E-state index in [0.29, 0.717) is 6.04 Å². The van der Waals surface area contributed by atoms with Crippen LogP contribution >= 0.6 is 15.9 Å². The summed E-state index contributed by atoms with van der Waals surface area (Å²) < 4.78 is 1.13. The van der Waals surface area contributed by atoms with Crippen molar-refractivity contribution >= 4 is 15.9 Å². The highest BCUT2D eigenvalue weighted by molar-refractivity contribution is 9.10. The van der Waals surface area contributed by atoms with Crippen LogP contribution in [0.3, 0.4) is 0 Å². The maximum absolute atomic E-state index is 5.52. The van der Waals surface area contributed by atoms with Gasteiger partial charge in [0.2, 0.25) is 0 Å². The Labute approximate surface area is 107 Å². The number of rotatable bonds is 6. The van der Waals surface area contributed by atoms with Crippen molar-refractivity contribution in [3.63, 3.8) is 0 Å². The summed E-state index contributed by atoms with van der Waals surface area (Å²) >= 11 is 3.45. The Bertz CT molecular complexity index is 297. The zero-order valence-corrected chi connectivity index (χ0v) is 11.7. The van der Waals surface area contributed by atoms with Gasteiger partial charge in [-0.2, -0.15) is 0 Å². The minimum atomic E-state index is 0.590. The second-order valence-electron chi connectivity index (χ2n) is 4.32. The van der Waals surface area contributed by atoms with E-state index >= 15 is 0 Å². The molecule has 0 radical (unpaired) electrons. The number of nitrogens with zero attached hydrogens (tertiary/aromatic N) is 1. The van der Waals surface area contributed by atoms with Crippen molar-refractivity contribution < 1.29 is 0 Å². The molecule has 0 saturated heterocycles. The molecule has 90 valence electrons. The first kappa shape index (κ1) is 13.7. The Morgan fingerprint density at radius 1 is 1.31 bits per heavy atom. The Kier molecular flexibility index (Phi) is 6.03. The smallest absolute Gasteiger partial charge is 0.0233 e. The van der Waals surface area contributed by atoms with Gasteiger partial charge in [-0.1, -0.05) is 28.1 Å². The molecule has 0 aliphatic carbocycles. The number of hydrogen-bond acceptors (Lipinski definition) is 2. The van der Waals surface area contributed by atoms with Crippen LogP contribution in [0, 0.1) is 0 Å². The van der Waals surface area contributed by atoms with E-state index in [0.717, 1.165) is 24.0 Å². The monoisotopic (exact) mass is 284 g/mol. The number of nitrogens with two attached hydrogens (primary N) is 1. The van der Waals surface area contributed by atoms with E-state index in [4.69, 9.17) is 5.73 Å². The molecule has 1 unspecified atom stereocenters. The summed E-state index contributed by atoms with van der Waals surface area (Å²) in [5.74, 6) is 0. The molecule has 2 N–H and O–H groups in total. The largest absolute Gasteiger partial charge is 0.330 e. The van der Waals surface area contributed by atoms with Gasteiger partial charge in [0.1, 0.15) is 0 Å². The summed E-state index contributed by atoms with van der Waals surface area (Å²) in [6.07, 6.45) is 2.27. The van der Waals surface area contributed by atoms with Gasteiger partial charge in [-0.15, -0.1) is 0 Å². The van der Waals surface area contributed by atoms with E-state index in [-0.39, 0.29) is 0 Å². The van der Waals surface area contributed by atoms with Crippen molar-refractivity contribution in [1.29, 1.82) is 0 Å². The Balaban J connectivity index is 2.43. The van der Waals surface area contributed by atoms with Gasteiger partial charge in [0.25, 0.3) is 0 Å². The fraction of sp³-hybridized carbons (Fsp3) is 0.538. The molecule has 0 spiro atoms. The lowest BCUT2D eigenvalue weighted by molar-refractivity contribution is 0.235. The van der Waals surface area contributed by atoms with Gasteiger partial charge < -0.3 is 5.73 Å². The molecule has 0 aliphatic heterocycles. The van der Waals surface area contributed by atoms with E-state index in [1.165, 1.54) is 12.0 Å². The fourth-order valence-corrected chi connectivity index (χ4v) is 1.93. The van der Waals surface area contributed by atoms with Crippen molar-refractivity contribution in [1.82, 2.24) is 4.90 Å². The molecule has 0 heterocycles. The van der Waals surface area contributed by atoms with Crippen molar-refractivity contribution in [2.45, 2.75) is 32.4 Å². The predicted octanol–water partition coefficient (Wildman–Crippen LogP) is 3.01. The highest BCUT2D eigenvalue weighted by Crippen LogP contribution is 2.13. The molecule has 1 atom stereocenters. The first-order chi connectivity index (χ1) is 7.63. The molecule has 0 fully saturated rings. The minimum Gasteiger partial charge on any atom is -0.330 e. The zero-order chi connectivity index (χ0) is 12.0. The summed E-state index contributed by atoms with van der Waals surface area (Å²) in [4.78, 5) is 2.37. The summed E-state index contributed by atoms with van der Waals surface area (Å²) in [5.41, 5.74) is 6.87. The van der Waals surface area contributed by atoms with Gasteiger partial charge in [0, 0.05) is 17.1 Å². The van der Waals surface area contributed by atoms with Crippen molar-refractivity contribution in [2.24, 2.45) is 5.73 Å². The highest BCUT2D eigenvalue weighted by Gasteiger charge is 2.08. The molecule has 3 heteroatoms. The Morgan fingerprint density at radius 3 is 2.50 bits per heavy atom. The molecule has 1 aromatic carbocycles. The van der Waals surface area contributed by atoms with Gasteiger partial charge in [-0.05, 0) is 51.1 Å². The maximum Gasteiger partial charge on any atom is 0.0233 e. The molecule has 0 bridgehead atoms. The Morgan fingerprint density at radius 2 is 1.94 bits per heavy atom. The molecular weight excluding hydrogens is 264 g/mol. The second kappa shape index (κ2) is 7.05. The van der Waals surface area contributed by atoms with Crippen LogP contribution in [0.5, 0.6) is 0 Å². The molecule has 16 heavy (non-hydrogen) atoms. The van der Waals surface area contributed by atoms with Gasteiger partial charge in [-0.3, -0.25) is 4.90 Å². The lowest BCUT2D eigenvalue weighted by atomic mass is 10.1. The fourth-order valence-electron chi connectivity index (χ4n) is 1.67. The second-order valence-corrected chi connectivity index (χ2v) is 5.24. The summed E-state index contributed by atoms with van der Waals surface area (Å²) in [5, 5.41) is 0. The molecule has 1 aromatic rings. The Hall–Kier alpha value is -0.380. The van der Waals surface area contributed by atoms with Crippen molar-refractivity contribution in [2.75, 3.05) is 13.6 Å². The van der Waals surface area contributed by atoms with E-state index in [9.17, 15) is 0 Å². The lowest BCUT2D eigenvalue weighted by Crippen LogP contribution is -2.29. The van der Waals surface area contributed by atoms with Crippen molar-refractivity contribution in [3.8, 4) is 0 Å². The molecule has 1 rings (SSSR count). The standard InChI is InChI=1S/C13H21BrN2/c1-11(4-3-9-15)16(2)10-12-5-7-13(14)8-6-12/h5-8,11H,3-4,9-10,15H2,1-2H3. The minimum absolute atomic E-state index is 0.590. The van der Waals surface area contributed by atoms with Crippen LogP contribution in [0.15, 0.2) is 28.7 Å². The average Bonchev–Trinajstić information content (AvgIpc) is 2.29. The maximum atomic E-state index is 5.52. The molecule has 0 aliphatic rings. The van der Waals surface area contributed by atoms with Crippen LogP contribution in [-0.2, 0) is 6.54 Å². The van der Waals surface area contributed by atoms with E-state index in [1.54, 1.807) is 0 Å². The predicted molar refractivity (Wildman–Crippen MR) is 73.4 cm³/mol. The van der Waals surface area contributed by atoms with Gasteiger partial charge >= 0.3 is 0 Å². The average molecular weight is 285 g/mol. The van der Waals surface area contributed by atoms with Crippen LogP contribution in [-0.4, -0.2) is 24.5 Å².